The van der Waals surface area contributed by atoms with Gasteiger partial charge < -0.3 is 15.1 Å². The molecule has 27 heavy (non-hydrogen) atoms. The molecule has 0 aliphatic carbocycles. The van der Waals surface area contributed by atoms with Crippen molar-refractivity contribution in [3.63, 3.8) is 0 Å². The van der Waals surface area contributed by atoms with E-state index in [9.17, 15) is 4.79 Å². The number of hydrogen-bond acceptors (Lipinski definition) is 6. The summed E-state index contributed by atoms with van der Waals surface area (Å²) in [6.45, 7) is 1.40. The molecule has 2 aromatic heterocycles. The van der Waals surface area contributed by atoms with E-state index in [0.717, 1.165) is 35.4 Å². The van der Waals surface area contributed by atoms with Gasteiger partial charge in [0.05, 0.1) is 5.52 Å². The molecule has 1 amide bonds. The number of benzene rings is 1. The summed E-state index contributed by atoms with van der Waals surface area (Å²) in [7, 11) is 3.91. The number of nitrogens with zero attached hydrogens (tertiary/aromatic N) is 5. The number of para-hydroxylation sites is 1. The normalized spacial score (nSPS) is 15.1. The predicted molar refractivity (Wildman–Crippen MR) is 105 cm³/mol. The lowest BCUT2D eigenvalue weighted by Gasteiger charge is -2.32. The van der Waals surface area contributed by atoms with E-state index >= 15 is 0 Å². The third-order valence-corrected chi connectivity index (χ3v) is 4.92. The Morgan fingerprint density at radius 1 is 1.22 bits per heavy atom. The van der Waals surface area contributed by atoms with Crippen LogP contribution in [0.15, 0.2) is 36.7 Å². The molecule has 0 bridgehead atoms. The van der Waals surface area contributed by atoms with Crippen LogP contribution in [0.1, 0.15) is 23.3 Å². The zero-order valence-electron chi connectivity index (χ0n) is 15.5. The average Bonchev–Trinajstić information content (AvgIpc) is 3.12. The third kappa shape index (κ3) is 3.55. The van der Waals surface area contributed by atoms with Gasteiger partial charge in [-0.05, 0) is 18.9 Å². The van der Waals surface area contributed by atoms with Crippen molar-refractivity contribution in [2.24, 2.45) is 0 Å². The minimum atomic E-state index is -0.0113. The summed E-state index contributed by atoms with van der Waals surface area (Å²) in [5.41, 5.74) is 1.39. The lowest BCUT2D eigenvalue weighted by Crippen LogP contribution is -2.42. The van der Waals surface area contributed by atoms with Gasteiger partial charge in [-0.3, -0.25) is 9.89 Å². The first-order valence-corrected chi connectivity index (χ1v) is 9.10. The maximum absolute atomic E-state index is 12.9. The molecule has 2 N–H and O–H groups in total. The number of carbonyl (C=O) groups is 1. The molecule has 1 aromatic carbocycles. The second-order valence-corrected chi connectivity index (χ2v) is 6.98. The summed E-state index contributed by atoms with van der Waals surface area (Å²) in [6.07, 6.45) is 3.31. The highest BCUT2D eigenvalue weighted by Gasteiger charge is 2.26. The number of nitrogens with one attached hydrogen (secondary N) is 2. The number of aromatic amines is 1. The third-order valence-electron chi connectivity index (χ3n) is 4.92. The van der Waals surface area contributed by atoms with E-state index in [1.165, 1.54) is 0 Å². The molecule has 8 heteroatoms. The van der Waals surface area contributed by atoms with E-state index in [0.29, 0.717) is 18.8 Å². The molecular formula is C19H23N7O. The number of fused-ring (bicyclic) bond motifs is 1. The first kappa shape index (κ1) is 17.3. The monoisotopic (exact) mass is 365 g/mol. The minimum Gasteiger partial charge on any atom is -0.367 e. The Hall–Kier alpha value is -3.16. The van der Waals surface area contributed by atoms with Gasteiger partial charge in [0.25, 0.3) is 5.91 Å². The van der Waals surface area contributed by atoms with Crippen LogP contribution in [-0.4, -0.2) is 64.2 Å². The molecule has 0 saturated carbocycles. The van der Waals surface area contributed by atoms with Crippen molar-refractivity contribution < 1.29 is 4.79 Å². The molecule has 0 unspecified atom stereocenters. The summed E-state index contributed by atoms with van der Waals surface area (Å²) >= 11 is 0. The van der Waals surface area contributed by atoms with Crippen LogP contribution in [0.5, 0.6) is 0 Å². The Morgan fingerprint density at radius 2 is 2.00 bits per heavy atom. The molecule has 1 aliphatic heterocycles. The van der Waals surface area contributed by atoms with Crippen molar-refractivity contribution in [3.8, 4) is 0 Å². The molecule has 1 aliphatic rings. The summed E-state index contributed by atoms with van der Waals surface area (Å²) in [6, 6.07) is 9.94. The number of likely N-dealkylation sites (tertiary alicyclic amines) is 1. The lowest BCUT2D eigenvalue weighted by atomic mass is 10.0. The summed E-state index contributed by atoms with van der Waals surface area (Å²) in [5, 5.41) is 11.5. The maximum Gasteiger partial charge on any atom is 0.274 e. The number of anilines is 2. The molecule has 3 aromatic rings. The minimum absolute atomic E-state index is 0.0113. The maximum atomic E-state index is 12.9. The topological polar surface area (TPSA) is 90.0 Å². The quantitative estimate of drug-likeness (QED) is 0.736. The Morgan fingerprint density at radius 3 is 2.78 bits per heavy atom. The number of rotatable bonds is 4. The van der Waals surface area contributed by atoms with Crippen LogP contribution in [-0.2, 0) is 0 Å². The summed E-state index contributed by atoms with van der Waals surface area (Å²) in [5.74, 6) is 1.67. The fraction of sp³-hybridized carbons (Fsp3) is 0.368. The van der Waals surface area contributed by atoms with E-state index in [4.69, 9.17) is 0 Å². The Bertz CT molecular complexity index is 944. The molecule has 140 valence electrons. The molecule has 0 spiro atoms. The van der Waals surface area contributed by atoms with Gasteiger partial charge in [0.2, 0.25) is 0 Å². The van der Waals surface area contributed by atoms with Crippen molar-refractivity contribution in [2.75, 3.05) is 37.4 Å². The fourth-order valence-corrected chi connectivity index (χ4v) is 3.38. The van der Waals surface area contributed by atoms with Gasteiger partial charge in [-0.15, -0.1) is 0 Å². The number of piperidine rings is 1. The van der Waals surface area contributed by atoms with Gasteiger partial charge in [-0.2, -0.15) is 5.10 Å². The van der Waals surface area contributed by atoms with Gasteiger partial charge >= 0.3 is 0 Å². The number of aromatic nitrogens is 4. The van der Waals surface area contributed by atoms with Crippen molar-refractivity contribution in [1.82, 2.24) is 25.1 Å². The molecule has 0 radical (unpaired) electrons. The van der Waals surface area contributed by atoms with E-state index < -0.39 is 0 Å². The number of amides is 1. The smallest absolute Gasteiger partial charge is 0.274 e. The zero-order chi connectivity index (χ0) is 18.8. The van der Waals surface area contributed by atoms with Crippen molar-refractivity contribution in [2.45, 2.75) is 18.9 Å². The standard InChI is InChI=1S/C19H23N7O/c1-25(2)17-11-16(20-12-21-17)22-13-7-9-26(10-8-13)19(27)18-14-5-3-4-6-15(14)23-24-18/h3-6,11-13H,7-10H2,1-2H3,(H,23,24)(H,20,21,22). The SMILES string of the molecule is CN(C)c1cc(NC2CCN(C(=O)c3n[nH]c4ccccc34)CC2)ncn1. The zero-order valence-corrected chi connectivity index (χ0v) is 15.5. The molecule has 0 atom stereocenters. The highest BCUT2D eigenvalue weighted by molar-refractivity contribution is 6.04. The first-order valence-electron chi connectivity index (χ1n) is 9.10. The number of H-pyrrole nitrogens is 1. The van der Waals surface area contributed by atoms with E-state index in [2.05, 4.69) is 25.5 Å². The summed E-state index contributed by atoms with van der Waals surface area (Å²) < 4.78 is 0. The van der Waals surface area contributed by atoms with Gasteiger partial charge in [0, 0.05) is 44.7 Å². The van der Waals surface area contributed by atoms with Crippen LogP contribution in [0, 0.1) is 0 Å². The predicted octanol–water partition coefficient (Wildman–Crippen LogP) is 2.14. The summed E-state index contributed by atoms with van der Waals surface area (Å²) in [4.78, 5) is 25.2. The van der Waals surface area contributed by atoms with E-state index in [-0.39, 0.29) is 11.9 Å². The lowest BCUT2D eigenvalue weighted by molar-refractivity contribution is 0.0714. The van der Waals surface area contributed by atoms with Crippen molar-refractivity contribution in [3.05, 3.63) is 42.4 Å². The van der Waals surface area contributed by atoms with Gasteiger partial charge in [-0.1, -0.05) is 18.2 Å². The fourth-order valence-electron chi connectivity index (χ4n) is 3.38. The highest BCUT2D eigenvalue weighted by Crippen LogP contribution is 2.21. The second kappa shape index (κ2) is 7.22. The van der Waals surface area contributed by atoms with Crippen LogP contribution >= 0.6 is 0 Å². The van der Waals surface area contributed by atoms with E-state index in [1.807, 2.05) is 54.2 Å². The van der Waals surface area contributed by atoms with Gasteiger partial charge in [0.1, 0.15) is 18.0 Å². The Labute approximate surface area is 157 Å². The van der Waals surface area contributed by atoms with Crippen LogP contribution in [0.2, 0.25) is 0 Å². The number of carbonyl (C=O) groups excluding carboxylic acids is 1. The van der Waals surface area contributed by atoms with Crippen LogP contribution < -0.4 is 10.2 Å². The van der Waals surface area contributed by atoms with Crippen LogP contribution in [0.3, 0.4) is 0 Å². The molecule has 8 nitrogen and oxygen atoms in total. The van der Waals surface area contributed by atoms with E-state index in [1.54, 1.807) is 6.33 Å². The Kier molecular flexibility index (Phi) is 4.62. The van der Waals surface area contributed by atoms with Gasteiger partial charge in [-0.25, -0.2) is 9.97 Å². The second-order valence-electron chi connectivity index (χ2n) is 6.98. The largest absolute Gasteiger partial charge is 0.367 e. The van der Waals surface area contributed by atoms with Crippen molar-refractivity contribution >= 4 is 28.4 Å². The molecule has 3 heterocycles. The molecule has 1 saturated heterocycles. The molecular weight excluding hydrogens is 342 g/mol. The van der Waals surface area contributed by atoms with Gasteiger partial charge in [0.15, 0.2) is 5.69 Å². The highest BCUT2D eigenvalue weighted by atomic mass is 16.2. The number of hydrogen-bond donors (Lipinski definition) is 2. The molecule has 1 fully saturated rings. The molecule has 4 rings (SSSR count). The Balaban J connectivity index is 1.39. The first-order chi connectivity index (χ1) is 13.1. The van der Waals surface area contributed by atoms with Crippen molar-refractivity contribution in [1.29, 1.82) is 0 Å². The average molecular weight is 365 g/mol. The van der Waals surface area contributed by atoms with Crippen LogP contribution in [0.4, 0.5) is 11.6 Å². The van der Waals surface area contributed by atoms with Crippen LogP contribution in [0.25, 0.3) is 10.9 Å².